The first-order chi connectivity index (χ1) is 18.5. The van der Waals surface area contributed by atoms with Crippen LogP contribution in [0.15, 0.2) is 75.0 Å². The Hall–Kier alpha value is -4.00. The smallest absolute Gasteiger partial charge is 0.340 e. The number of rotatable bonds is 9. The van der Waals surface area contributed by atoms with E-state index in [-0.39, 0.29) is 27.8 Å². The van der Waals surface area contributed by atoms with E-state index in [2.05, 4.69) is 10.0 Å². The Kier molecular flexibility index (Phi) is 8.19. The Labute approximate surface area is 232 Å². The molecule has 0 saturated heterocycles. The van der Waals surface area contributed by atoms with Crippen molar-refractivity contribution in [2.24, 2.45) is 7.05 Å². The summed E-state index contributed by atoms with van der Waals surface area (Å²) >= 11 is 12.3. The summed E-state index contributed by atoms with van der Waals surface area (Å²) in [6.07, 6.45) is 1.45. The molecule has 11 nitrogen and oxygen atoms in total. The number of para-hydroxylation sites is 1. The second kappa shape index (κ2) is 11.4. The summed E-state index contributed by atoms with van der Waals surface area (Å²) in [7, 11) is -2.87. The number of carbonyl (C=O) groups excluding carboxylic acids is 2. The molecule has 0 unspecified atom stereocenters. The van der Waals surface area contributed by atoms with Crippen molar-refractivity contribution in [2.75, 3.05) is 11.3 Å². The Bertz CT molecular complexity index is 1700. The molecule has 39 heavy (non-hydrogen) atoms. The summed E-state index contributed by atoms with van der Waals surface area (Å²) in [5, 5.41) is 2.02. The van der Waals surface area contributed by atoms with Crippen molar-refractivity contribution in [2.45, 2.75) is 18.4 Å². The average Bonchev–Trinajstić information content (AvgIpc) is 3.49. The van der Waals surface area contributed by atoms with E-state index in [1.165, 1.54) is 15.6 Å². The summed E-state index contributed by atoms with van der Waals surface area (Å²) in [4.78, 5) is 37.3. The Balaban J connectivity index is 1.56. The van der Waals surface area contributed by atoms with Gasteiger partial charge in [-0.1, -0.05) is 41.4 Å². The van der Waals surface area contributed by atoms with Gasteiger partial charge in [0.15, 0.2) is 6.61 Å². The van der Waals surface area contributed by atoms with Crippen molar-refractivity contribution in [1.29, 1.82) is 0 Å². The van der Waals surface area contributed by atoms with Gasteiger partial charge in [0.2, 0.25) is 0 Å². The van der Waals surface area contributed by atoms with Crippen molar-refractivity contribution >= 4 is 50.8 Å². The van der Waals surface area contributed by atoms with Gasteiger partial charge in [-0.2, -0.15) is 0 Å². The van der Waals surface area contributed by atoms with Crippen LogP contribution in [0.3, 0.4) is 0 Å². The van der Waals surface area contributed by atoms with Crippen LogP contribution in [-0.2, 0) is 33.1 Å². The lowest BCUT2D eigenvalue weighted by Crippen LogP contribution is -2.28. The number of ether oxygens (including phenoxy) is 1. The average molecular weight is 593 g/mol. The van der Waals surface area contributed by atoms with Gasteiger partial charge in [-0.3, -0.25) is 19.0 Å². The lowest BCUT2D eigenvalue weighted by atomic mass is 10.2. The van der Waals surface area contributed by atoms with E-state index < -0.39 is 39.0 Å². The molecule has 2 heterocycles. The van der Waals surface area contributed by atoms with Crippen molar-refractivity contribution < 1.29 is 27.2 Å². The van der Waals surface area contributed by atoms with Crippen LogP contribution in [0.5, 0.6) is 0 Å². The quantitative estimate of drug-likeness (QED) is 0.282. The second-order valence-electron chi connectivity index (χ2n) is 8.24. The summed E-state index contributed by atoms with van der Waals surface area (Å²) in [5.74, 6) is -1.17. The number of hydrogen-bond acceptors (Lipinski definition) is 7. The van der Waals surface area contributed by atoms with Gasteiger partial charge in [0.25, 0.3) is 21.5 Å². The number of amides is 1. The molecule has 4 rings (SSSR count). The molecule has 2 N–H and O–H groups in total. The Morgan fingerprint density at radius 1 is 1.05 bits per heavy atom. The van der Waals surface area contributed by atoms with Crippen LogP contribution in [0.1, 0.15) is 21.8 Å². The molecular weight excluding hydrogens is 571 g/mol. The van der Waals surface area contributed by atoms with Gasteiger partial charge >= 0.3 is 5.97 Å². The van der Waals surface area contributed by atoms with Crippen LogP contribution in [0.25, 0.3) is 5.69 Å². The predicted molar refractivity (Wildman–Crippen MR) is 144 cm³/mol. The van der Waals surface area contributed by atoms with Crippen molar-refractivity contribution in [3.63, 3.8) is 0 Å². The van der Waals surface area contributed by atoms with Gasteiger partial charge in [-0.05, 0) is 43.3 Å². The Morgan fingerprint density at radius 2 is 1.77 bits per heavy atom. The third-order valence-electron chi connectivity index (χ3n) is 5.70. The summed E-state index contributed by atoms with van der Waals surface area (Å²) < 4.78 is 41.8. The van der Waals surface area contributed by atoms with Crippen LogP contribution in [-0.4, -0.2) is 36.3 Å². The number of nitrogens with zero attached hydrogens (tertiary/aromatic N) is 2. The van der Waals surface area contributed by atoms with Crippen molar-refractivity contribution in [3.8, 4) is 5.69 Å². The zero-order chi connectivity index (χ0) is 28.3. The summed E-state index contributed by atoms with van der Waals surface area (Å²) in [6, 6.07) is 14.0. The first-order valence-corrected chi connectivity index (χ1v) is 13.6. The van der Waals surface area contributed by atoms with Gasteiger partial charge in [-0.25, -0.2) is 17.9 Å². The van der Waals surface area contributed by atoms with Crippen LogP contribution in [0, 0.1) is 6.92 Å². The monoisotopic (exact) mass is 592 g/mol. The molecule has 0 saturated carbocycles. The van der Waals surface area contributed by atoms with Crippen LogP contribution < -0.4 is 15.6 Å². The number of hydrogen-bond donors (Lipinski definition) is 2. The fourth-order valence-electron chi connectivity index (χ4n) is 3.63. The summed E-state index contributed by atoms with van der Waals surface area (Å²) in [5.41, 5.74) is -0.300. The number of benzene rings is 2. The van der Waals surface area contributed by atoms with Gasteiger partial charge in [0.05, 0.1) is 39.8 Å². The molecule has 204 valence electrons. The minimum absolute atomic E-state index is 0.0873. The Morgan fingerprint density at radius 3 is 2.44 bits per heavy atom. The van der Waals surface area contributed by atoms with E-state index in [1.54, 1.807) is 56.4 Å². The zero-order valence-electron chi connectivity index (χ0n) is 20.6. The molecule has 14 heteroatoms. The summed E-state index contributed by atoms with van der Waals surface area (Å²) in [6.45, 7) is 1.01. The standard InChI is InChI=1S/C25H22Cl2N4O7S/c1-15-23(24(33)31(30(15)2)16-7-4-3-5-8-16)29-39(35,36)21-11-18(19(26)12-20(21)27)25(34)38-14-22(32)28-13-17-9-6-10-37-17/h3-12,29H,13-14H2,1-2H3,(H,28,32). The second-order valence-corrected chi connectivity index (χ2v) is 10.7. The number of carbonyl (C=O) groups is 2. The van der Waals surface area contributed by atoms with Gasteiger partial charge < -0.3 is 14.5 Å². The number of nitrogens with one attached hydrogen (secondary N) is 2. The third kappa shape index (κ3) is 6.03. The maximum atomic E-state index is 13.3. The highest BCUT2D eigenvalue weighted by molar-refractivity contribution is 7.92. The molecular formula is C25H22Cl2N4O7S. The molecule has 0 aliphatic heterocycles. The molecule has 0 bridgehead atoms. The number of aromatic nitrogens is 2. The largest absolute Gasteiger partial charge is 0.467 e. The van der Waals surface area contributed by atoms with E-state index in [4.69, 9.17) is 32.4 Å². The van der Waals surface area contributed by atoms with E-state index >= 15 is 0 Å². The number of anilines is 1. The molecule has 4 aromatic rings. The molecule has 0 atom stereocenters. The molecule has 1 amide bonds. The van der Waals surface area contributed by atoms with E-state index in [9.17, 15) is 22.8 Å². The van der Waals surface area contributed by atoms with Crippen LogP contribution >= 0.6 is 23.2 Å². The number of esters is 1. The van der Waals surface area contributed by atoms with Crippen molar-refractivity contribution in [3.05, 3.63) is 98.3 Å². The molecule has 2 aromatic carbocycles. The predicted octanol–water partition coefficient (Wildman–Crippen LogP) is 3.66. The maximum Gasteiger partial charge on any atom is 0.340 e. The SMILES string of the molecule is Cc1c(NS(=O)(=O)c2cc(C(=O)OCC(=O)NCc3ccco3)c(Cl)cc2Cl)c(=O)n(-c2ccccc2)n1C. The minimum Gasteiger partial charge on any atom is -0.467 e. The zero-order valence-corrected chi connectivity index (χ0v) is 22.9. The van der Waals surface area contributed by atoms with Crippen LogP contribution in [0.2, 0.25) is 10.0 Å². The maximum absolute atomic E-state index is 13.3. The highest BCUT2D eigenvalue weighted by Gasteiger charge is 2.27. The highest BCUT2D eigenvalue weighted by atomic mass is 35.5. The lowest BCUT2D eigenvalue weighted by Gasteiger charge is -2.12. The number of sulfonamides is 1. The minimum atomic E-state index is -4.48. The van der Waals surface area contributed by atoms with Crippen molar-refractivity contribution in [1.82, 2.24) is 14.7 Å². The first-order valence-electron chi connectivity index (χ1n) is 11.3. The van der Waals surface area contributed by atoms with Crippen LogP contribution in [0.4, 0.5) is 5.69 Å². The fraction of sp³-hybridized carbons (Fsp3) is 0.160. The first kappa shape index (κ1) is 28.0. The van der Waals surface area contributed by atoms with Gasteiger partial charge in [0.1, 0.15) is 16.3 Å². The topological polar surface area (TPSA) is 142 Å². The molecule has 0 radical (unpaired) electrons. The highest BCUT2D eigenvalue weighted by Crippen LogP contribution is 2.30. The fourth-order valence-corrected chi connectivity index (χ4v) is 5.59. The number of furan rings is 1. The number of halogens is 2. The lowest BCUT2D eigenvalue weighted by molar-refractivity contribution is -0.124. The van der Waals surface area contributed by atoms with E-state index in [1.807, 2.05) is 0 Å². The molecule has 0 aliphatic carbocycles. The third-order valence-corrected chi connectivity index (χ3v) is 7.82. The molecule has 0 aliphatic rings. The molecule has 0 fully saturated rings. The normalized spacial score (nSPS) is 11.3. The molecule has 2 aromatic heterocycles. The van der Waals surface area contributed by atoms with E-state index in [0.29, 0.717) is 17.1 Å². The van der Waals surface area contributed by atoms with Gasteiger partial charge in [0, 0.05) is 7.05 Å². The molecule has 0 spiro atoms. The van der Waals surface area contributed by atoms with E-state index in [0.717, 1.165) is 12.1 Å². The van der Waals surface area contributed by atoms with Gasteiger partial charge in [-0.15, -0.1) is 0 Å².